The lowest BCUT2D eigenvalue weighted by Crippen LogP contribution is -2.12. The number of nitrogens with one attached hydrogen (secondary N) is 3. The van der Waals surface area contributed by atoms with Gasteiger partial charge in [0.1, 0.15) is 0 Å². The average Bonchev–Trinajstić information content (AvgIpc) is 3.15. The lowest BCUT2D eigenvalue weighted by molar-refractivity contribution is -0.137. The molecule has 34 heavy (non-hydrogen) atoms. The standard InChI is InChI=1S/C27H26ClN3O3/c1-2-29-16-18-5-11-21(12-6-18)30-26(19-8-3-17(4-9-19)7-14-24(32)33)25-22-13-10-20(28)15-23(22)31-27(25)34/h3-6,8-13,15,29-30H,2,7,14,16H2,1H3,(H,31,34)(H,32,33)/b26-25-. The number of amides is 1. The van der Waals surface area contributed by atoms with Crippen LogP contribution in [0.4, 0.5) is 11.4 Å². The molecule has 0 bridgehead atoms. The fraction of sp³-hybridized carbons (Fsp3) is 0.185. The van der Waals surface area contributed by atoms with Gasteiger partial charge in [-0.2, -0.15) is 0 Å². The zero-order valence-corrected chi connectivity index (χ0v) is 19.6. The Bertz CT molecular complexity index is 1230. The van der Waals surface area contributed by atoms with E-state index in [2.05, 4.69) is 22.9 Å². The molecule has 1 aliphatic rings. The van der Waals surface area contributed by atoms with E-state index in [0.717, 1.165) is 35.5 Å². The van der Waals surface area contributed by atoms with Crippen LogP contribution in [0.1, 0.15) is 35.6 Å². The Labute approximate surface area is 203 Å². The van der Waals surface area contributed by atoms with Crippen LogP contribution in [-0.2, 0) is 22.6 Å². The van der Waals surface area contributed by atoms with Crippen molar-refractivity contribution in [2.75, 3.05) is 17.2 Å². The van der Waals surface area contributed by atoms with E-state index in [9.17, 15) is 9.59 Å². The average molecular weight is 476 g/mol. The number of hydrogen-bond acceptors (Lipinski definition) is 4. The largest absolute Gasteiger partial charge is 0.481 e. The van der Waals surface area contributed by atoms with Crippen LogP contribution in [0.5, 0.6) is 0 Å². The molecule has 0 unspecified atom stereocenters. The third kappa shape index (κ3) is 5.47. The smallest absolute Gasteiger partial charge is 0.303 e. The summed E-state index contributed by atoms with van der Waals surface area (Å²) in [5, 5.41) is 19.2. The molecule has 6 nitrogen and oxygen atoms in total. The van der Waals surface area contributed by atoms with Gasteiger partial charge in [-0.25, -0.2) is 0 Å². The van der Waals surface area contributed by atoms with Crippen LogP contribution in [0.2, 0.25) is 5.02 Å². The van der Waals surface area contributed by atoms with Crippen molar-refractivity contribution in [3.05, 3.63) is 94.0 Å². The molecule has 0 fully saturated rings. The molecule has 174 valence electrons. The molecule has 3 aromatic carbocycles. The van der Waals surface area contributed by atoms with Gasteiger partial charge in [0.05, 0.1) is 17.0 Å². The Hall–Kier alpha value is -3.61. The van der Waals surface area contributed by atoms with Crippen molar-refractivity contribution in [2.24, 2.45) is 0 Å². The molecule has 0 atom stereocenters. The maximum Gasteiger partial charge on any atom is 0.303 e. The van der Waals surface area contributed by atoms with Gasteiger partial charge in [0.15, 0.2) is 0 Å². The van der Waals surface area contributed by atoms with Crippen molar-refractivity contribution >= 4 is 46.1 Å². The van der Waals surface area contributed by atoms with Crippen LogP contribution in [-0.4, -0.2) is 23.5 Å². The highest BCUT2D eigenvalue weighted by Crippen LogP contribution is 2.38. The summed E-state index contributed by atoms with van der Waals surface area (Å²) in [6, 6.07) is 21.0. The first-order valence-electron chi connectivity index (χ1n) is 11.2. The number of rotatable bonds is 9. The number of hydrogen-bond donors (Lipinski definition) is 4. The quantitative estimate of drug-likeness (QED) is 0.311. The summed E-state index contributed by atoms with van der Waals surface area (Å²) in [7, 11) is 0. The summed E-state index contributed by atoms with van der Waals surface area (Å²) >= 11 is 6.14. The van der Waals surface area contributed by atoms with Gasteiger partial charge in [0, 0.05) is 29.2 Å². The number of benzene rings is 3. The first kappa shape index (κ1) is 23.5. The van der Waals surface area contributed by atoms with Gasteiger partial charge < -0.3 is 21.1 Å². The molecule has 0 radical (unpaired) electrons. The van der Waals surface area contributed by atoms with E-state index in [1.165, 1.54) is 5.56 Å². The number of anilines is 2. The van der Waals surface area contributed by atoms with E-state index in [0.29, 0.717) is 28.4 Å². The summed E-state index contributed by atoms with van der Waals surface area (Å²) in [5.74, 6) is -1.04. The number of carboxylic acids is 1. The van der Waals surface area contributed by atoms with Crippen LogP contribution in [0.3, 0.4) is 0 Å². The van der Waals surface area contributed by atoms with E-state index >= 15 is 0 Å². The Kier molecular flexibility index (Phi) is 7.30. The van der Waals surface area contributed by atoms with Gasteiger partial charge in [-0.1, -0.05) is 61.0 Å². The van der Waals surface area contributed by atoms with Gasteiger partial charge >= 0.3 is 5.97 Å². The maximum absolute atomic E-state index is 13.0. The number of carbonyl (C=O) groups excluding carboxylic acids is 1. The summed E-state index contributed by atoms with van der Waals surface area (Å²) in [4.78, 5) is 23.9. The second kappa shape index (κ2) is 10.5. The topological polar surface area (TPSA) is 90.5 Å². The minimum atomic E-state index is -0.830. The van der Waals surface area contributed by atoms with Crippen molar-refractivity contribution < 1.29 is 14.7 Å². The molecule has 0 saturated heterocycles. The van der Waals surface area contributed by atoms with Crippen LogP contribution < -0.4 is 16.0 Å². The summed E-state index contributed by atoms with van der Waals surface area (Å²) in [5.41, 5.74) is 6.41. The van der Waals surface area contributed by atoms with Crippen LogP contribution in [0.15, 0.2) is 66.7 Å². The molecule has 0 spiro atoms. The van der Waals surface area contributed by atoms with Crippen molar-refractivity contribution in [1.29, 1.82) is 0 Å². The fourth-order valence-electron chi connectivity index (χ4n) is 3.88. The van der Waals surface area contributed by atoms with Crippen LogP contribution >= 0.6 is 11.6 Å². The fourth-order valence-corrected chi connectivity index (χ4v) is 4.05. The Morgan fingerprint density at radius 3 is 2.38 bits per heavy atom. The SMILES string of the molecule is CCNCc1ccc(N/C(=C2\C(=O)Nc3cc(Cl)ccc32)c2ccc(CCC(=O)O)cc2)cc1. The number of carbonyl (C=O) groups is 2. The molecule has 1 aliphatic heterocycles. The van der Waals surface area contributed by atoms with Gasteiger partial charge in [0.2, 0.25) is 0 Å². The molecule has 1 heterocycles. The predicted molar refractivity (Wildman–Crippen MR) is 137 cm³/mol. The summed E-state index contributed by atoms with van der Waals surface area (Å²) in [6.07, 6.45) is 0.519. The zero-order valence-electron chi connectivity index (χ0n) is 18.8. The molecular weight excluding hydrogens is 450 g/mol. The highest BCUT2D eigenvalue weighted by molar-refractivity contribution is 6.38. The van der Waals surface area contributed by atoms with Crippen molar-refractivity contribution in [3.63, 3.8) is 0 Å². The van der Waals surface area contributed by atoms with Crippen molar-refractivity contribution in [3.8, 4) is 0 Å². The first-order valence-corrected chi connectivity index (χ1v) is 11.6. The molecule has 7 heteroatoms. The van der Waals surface area contributed by atoms with Crippen LogP contribution in [0, 0.1) is 0 Å². The molecule has 4 rings (SSSR count). The molecule has 0 aromatic heterocycles. The molecule has 4 N–H and O–H groups in total. The zero-order chi connectivity index (χ0) is 24.1. The van der Waals surface area contributed by atoms with Gasteiger partial charge in [-0.3, -0.25) is 9.59 Å². The third-order valence-electron chi connectivity index (χ3n) is 5.65. The number of aryl methyl sites for hydroxylation is 1. The molecular formula is C27H26ClN3O3. The molecule has 1 amide bonds. The lowest BCUT2D eigenvalue weighted by Gasteiger charge is -2.16. The highest BCUT2D eigenvalue weighted by atomic mass is 35.5. The first-order chi connectivity index (χ1) is 16.4. The van der Waals surface area contributed by atoms with E-state index in [-0.39, 0.29) is 12.3 Å². The lowest BCUT2D eigenvalue weighted by atomic mass is 9.98. The van der Waals surface area contributed by atoms with Gasteiger partial charge in [0.25, 0.3) is 5.91 Å². The molecule has 0 saturated carbocycles. The van der Waals surface area contributed by atoms with E-state index in [1.54, 1.807) is 12.1 Å². The van der Waals surface area contributed by atoms with Crippen LogP contribution in [0.25, 0.3) is 11.3 Å². The van der Waals surface area contributed by atoms with E-state index in [4.69, 9.17) is 16.7 Å². The Morgan fingerprint density at radius 2 is 1.71 bits per heavy atom. The second-order valence-corrected chi connectivity index (χ2v) is 8.52. The Balaban J connectivity index is 1.73. The number of halogens is 1. The van der Waals surface area contributed by atoms with Crippen molar-refractivity contribution in [2.45, 2.75) is 26.3 Å². The van der Waals surface area contributed by atoms with Gasteiger partial charge in [-0.05, 0) is 53.9 Å². The minimum absolute atomic E-state index is 0.0708. The second-order valence-electron chi connectivity index (χ2n) is 8.09. The summed E-state index contributed by atoms with van der Waals surface area (Å²) in [6.45, 7) is 3.76. The monoisotopic (exact) mass is 475 g/mol. The third-order valence-corrected chi connectivity index (χ3v) is 5.88. The van der Waals surface area contributed by atoms with E-state index in [1.807, 2.05) is 54.6 Å². The number of aliphatic carboxylic acids is 1. The van der Waals surface area contributed by atoms with E-state index < -0.39 is 5.97 Å². The summed E-state index contributed by atoms with van der Waals surface area (Å²) < 4.78 is 0. The highest BCUT2D eigenvalue weighted by Gasteiger charge is 2.28. The number of fused-ring (bicyclic) bond motifs is 1. The molecule has 3 aromatic rings. The number of carboxylic acid groups (broad SMARTS) is 1. The minimum Gasteiger partial charge on any atom is -0.481 e. The maximum atomic E-state index is 13.0. The predicted octanol–water partition coefficient (Wildman–Crippen LogP) is 5.40. The van der Waals surface area contributed by atoms with Crippen molar-refractivity contribution in [1.82, 2.24) is 5.32 Å². The molecule has 0 aliphatic carbocycles. The normalized spacial score (nSPS) is 13.9. The Morgan fingerprint density at radius 1 is 1.00 bits per heavy atom. The van der Waals surface area contributed by atoms with Gasteiger partial charge in [-0.15, -0.1) is 0 Å².